The van der Waals surface area contributed by atoms with Crippen LogP contribution in [0, 0.1) is 6.92 Å². The standard InChI is InChI=1S/C18H18N2O6/c1-11-4-9-15(26-11)17(22)20-13-7-5-12(6-8-13)19-14(18(23)25-3)10-16(21)24-2/h4-10,19H,1-3H3,(H,20,22)/b14-10+. The van der Waals surface area contributed by atoms with Gasteiger partial charge in [-0.1, -0.05) is 0 Å². The number of aryl methyl sites for hydroxylation is 1. The van der Waals surface area contributed by atoms with E-state index in [0.29, 0.717) is 17.1 Å². The Balaban J connectivity index is 2.08. The van der Waals surface area contributed by atoms with E-state index < -0.39 is 11.9 Å². The Kier molecular flexibility index (Phi) is 6.15. The molecule has 0 radical (unpaired) electrons. The van der Waals surface area contributed by atoms with Crippen molar-refractivity contribution in [1.29, 1.82) is 0 Å². The van der Waals surface area contributed by atoms with Crippen molar-refractivity contribution in [3.05, 3.63) is 59.7 Å². The topological polar surface area (TPSA) is 107 Å². The fourth-order valence-corrected chi connectivity index (χ4v) is 1.97. The van der Waals surface area contributed by atoms with Crippen molar-refractivity contribution in [3.8, 4) is 0 Å². The summed E-state index contributed by atoms with van der Waals surface area (Å²) in [4.78, 5) is 35.1. The lowest BCUT2D eigenvalue weighted by Crippen LogP contribution is -2.15. The molecule has 1 aromatic heterocycles. The Morgan fingerprint density at radius 1 is 0.923 bits per heavy atom. The number of hydrogen-bond donors (Lipinski definition) is 2. The molecule has 8 heteroatoms. The molecule has 1 heterocycles. The van der Waals surface area contributed by atoms with Crippen molar-refractivity contribution in [2.75, 3.05) is 24.9 Å². The lowest BCUT2D eigenvalue weighted by Gasteiger charge is -2.10. The Morgan fingerprint density at radius 2 is 1.54 bits per heavy atom. The van der Waals surface area contributed by atoms with E-state index in [1.54, 1.807) is 43.3 Å². The van der Waals surface area contributed by atoms with E-state index in [0.717, 1.165) is 6.08 Å². The van der Waals surface area contributed by atoms with Gasteiger partial charge in [-0.2, -0.15) is 0 Å². The number of benzene rings is 1. The van der Waals surface area contributed by atoms with E-state index in [9.17, 15) is 14.4 Å². The minimum absolute atomic E-state index is 0.0813. The minimum atomic E-state index is -0.721. The first kappa shape index (κ1) is 18.8. The van der Waals surface area contributed by atoms with Crippen LogP contribution < -0.4 is 10.6 Å². The SMILES string of the molecule is COC(=O)/C=C(/Nc1ccc(NC(=O)c2ccc(C)o2)cc1)C(=O)OC. The molecule has 0 aliphatic rings. The van der Waals surface area contributed by atoms with E-state index in [4.69, 9.17) is 4.42 Å². The molecule has 0 unspecified atom stereocenters. The van der Waals surface area contributed by atoms with Gasteiger partial charge in [0.2, 0.25) is 0 Å². The molecular weight excluding hydrogens is 340 g/mol. The van der Waals surface area contributed by atoms with Gasteiger partial charge in [0.25, 0.3) is 5.91 Å². The summed E-state index contributed by atoms with van der Waals surface area (Å²) in [6.45, 7) is 1.75. The molecule has 0 saturated heterocycles. The average Bonchev–Trinajstić information content (AvgIpc) is 3.08. The highest BCUT2D eigenvalue weighted by Gasteiger charge is 2.13. The quantitative estimate of drug-likeness (QED) is 0.603. The third kappa shape index (κ3) is 4.97. The molecule has 136 valence electrons. The molecule has 0 aliphatic carbocycles. The molecule has 1 aromatic carbocycles. The number of amides is 1. The summed E-state index contributed by atoms with van der Waals surface area (Å²) in [5.41, 5.74) is 0.964. The highest BCUT2D eigenvalue weighted by molar-refractivity contribution is 6.02. The van der Waals surface area contributed by atoms with Crippen LogP contribution in [0.3, 0.4) is 0 Å². The molecule has 0 spiro atoms. The number of anilines is 2. The summed E-state index contributed by atoms with van der Waals surface area (Å²) < 4.78 is 14.4. The van der Waals surface area contributed by atoms with Crippen molar-refractivity contribution < 1.29 is 28.3 Å². The number of carbonyl (C=O) groups excluding carboxylic acids is 3. The highest BCUT2D eigenvalue weighted by atomic mass is 16.5. The lowest BCUT2D eigenvalue weighted by molar-refractivity contribution is -0.138. The normalized spacial score (nSPS) is 10.8. The molecule has 0 atom stereocenters. The fraction of sp³-hybridized carbons (Fsp3) is 0.167. The maximum Gasteiger partial charge on any atom is 0.354 e. The zero-order valence-corrected chi connectivity index (χ0v) is 14.5. The third-order valence-corrected chi connectivity index (χ3v) is 3.25. The largest absolute Gasteiger partial charge is 0.466 e. The zero-order valence-electron chi connectivity index (χ0n) is 14.5. The van der Waals surface area contributed by atoms with Gasteiger partial charge in [0.15, 0.2) is 5.76 Å². The van der Waals surface area contributed by atoms with Crippen LogP contribution in [0.4, 0.5) is 11.4 Å². The number of methoxy groups -OCH3 is 2. The van der Waals surface area contributed by atoms with Gasteiger partial charge in [-0.05, 0) is 43.3 Å². The van der Waals surface area contributed by atoms with Crippen LogP contribution in [0.5, 0.6) is 0 Å². The second-order valence-electron chi connectivity index (χ2n) is 5.14. The summed E-state index contributed by atoms with van der Waals surface area (Å²) in [6, 6.07) is 9.78. The third-order valence-electron chi connectivity index (χ3n) is 3.25. The van der Waals surface area contributed by atoms with Crippen LogP contribution in [-0.2, 0) is 19.1 Å². The van der Waals surface area contributed by atoms with Crippen LogP contribution in [0.2, 0.25) is 0 Å². The second-order valence-corrected chi connectivity index (χ2v) is 5.14. The van der Waals surface area contributed by atoms with Crippen molar-refractivity contribution in [1.82, 2.24) is 0 Å². The van der Waals surface area contributed by atoms with Gasteiger partial charge < -0.3 is 24.5 Å². The summed E-state index contributed by atoms with van der Waals surface area (Å²) in [5, 5.41) is 5.45. The Hall–Kier alpha value is -3.55. The Bertz CT molecular complexity index is 836. The molecule has 0 bridgehead atoms. The summed E-state index contributed by atoms with van der Waals surface area (Å²) in [7, 11) is 2.40. The summed E-state index contributed by atoms with van der Waals surface area (Å²) in [6.07, 6.45) is 0.987. The number of hydrogen-bond acceptors (Lipinski definition) is 7. The van der Waals surface area contributed by atoms with Gasteiger partial charge in [-0.25, -0.2) is 9.59 Å². The van der Waals surface area contributed by atoms with Crippen LogP contribution in [0.25, 0.3) is 0 Å². The van der Waals surface area contributed by atoms with Crippen LogP contribution in [0.15, 0.2) is 52.6 Å². The van der Waals surface area contributed by atoms with E-state index >= 15 is 0 Å². The molecule has 0 aliphatic heterocycles. The number of ether oxygens (including phenoxy) is 2. The molecule has 2 N–H and O–H groups in total. The predicted octanol–water partition coefficient (Wildman–Crippen LogP) is 2.48. The maximum atomic E-state index is 12.0. The van der Waals surface area contributed by atoms with Gasteiger partial charge >= 0.3 is 11.9 Å². The van der Waals surface area contributed by atoms with Gasteiger partial charge in [-0.15, -0.1) is 0 Å². The Labute approximate surface area is 149 Å². The Morgan fingerprint density at radius 3 is 2.04 bits per heavy atom. The van der Waals surface area contributed by atoms with Crippen molar-refractivity contribution in [2.45, 2.75) is 6.92 Å². The first-order valence-corrected chi connectivity index (χ1v) is 7.55. The minimum Gasteiger partial charge on any atom is -0.466 e. The van der Waals surface area contributed by atoms with Gasteiger partial charge in [-0.3, -0.25) is 4.79 Å². The highest BCUT2D eigenvalue weighted by Crippen LogP contribution is 2.17. The number of furan rings is 1. The zero-order chi connectivity index (χ0) is 19.1. The smallest absolute Gasteiger partial charge is 0.354 e. The molecule has 0 saturated carbocycles. The number of carbonyl (C=O) groups is 3. The number of esters is 2. The van der Waals surface area contributed by atoms with Gasteiger partial charge in [0, 0.05) is 11.4 Å². The van der Waals surface area contributed by atoms with Gasteiger partial charge in [0.05, 0.1) is 20.3 Å². The van der Waals surface area contributed by atoms with Crippen LogP contribution in [-0.4, -0.2) is 32.1 Å². The van der Waals surface area contributed by atoms with Crippen molar-refractivity contribution >= 4 is 29.2 Å². The van der Waals surface area contributed by atoms with Crippen molar-refractivity contribution in [2.24, 2.45) is 0 Å². The lowest BCUT2D eigenvalue weighted by atomic mass is 10.2. The first-order valence-electron chi connectivity index (χ1n) is 7.55. The second kappa shape index (κ2) is 8.52. The summed E-state index contributed by atoms with van der Waals surface area (Å²) in [5.74, 6) is -0.947. The molecule has 0 fully saturated rings. The van der Waals surface area contributed by atoms with Crippen molar-refractivity contribution in [3.63, 3.8) is 0 Å². The van der Waals surface area contributed by atoms with Crippen LogP contribution >= 0.6 is 0 Å². The molecule has 1 amide bonds. The van der Waals surface area contributed by atoms with E-state index in [2.05, 4.69) is 20.1 Å². The van der Waals surface area contributed by atoms with E-state index in [1.807, 2.05) is 0 Å². The monoisotopic (exact) mass is 358 g/mol. The van der Waals surface area contributed by atoms with E-state index in [-0.39, 0.29) is 17.4 Å². The molecule has 2 aromatic rings. The average molecular weight is 358 g/mol. The fourth-order valence-electron chi connectivity index (χ4n) is 1.97. The van der Waals surface area contributed by atoms with Gasteiger partial charge in [0.1, 0.15) is 11.5 Å². The summed E-state index contributed by atoms with van der Waals surface area (Å²) >= 11 is 0. The van der Waals surface area contributed by atoms with E-state index in [1.165, 1.54) is 14.2 Å². The molecule has 8 nitrogen and oxygen atoms in total. The molecular formula is C18H18N2O6. The molecule has 2 rings (SSSR count). The molecule has 26 heavy (non-hydrogen) atoms. The first-order chi connectivity index (χ1) is 12.4. The van der Waals surface area contributed by atoms with Crippen LogP contribution in [0.1, 0.15) is 16.3 Å². The predicted molar refractivity (Wildman–Crippen MR) is 93.6 cm³/mol. The number of rotatable bonds is 6. The maximum absolute atomic E-state index is 12.0. The number of nitrogens with one attached hydrogen (secondary N) is 2.